The lowest BCUT2D eigenvalue weighted by molar-refractivity contribution is -0.189. The van der Waals surface area contributed by atoms with E-state index in [1.807, 2.05) is 0 Å². The number of ether oxygens (including phenoxy) is 1. The van der Waals surface area contributed by atoms with Crippen molar-refractivity contribution in [3.8, 4) is 11.8 Å². The molecule has 1 aromatic heterocycles. The third-order valence-electron chi connectivity index (χ3n) is 5.02. The van der Waals surface area contributed by atoms with Crippen LogP contribution in [0.15, 0.2) is 36.7 Å². The first-order valence-electron chi connectivity index (χ1n) is 8.80. The van der Waals surface area contributed by atoms with Crippen molar-refractivity contribution in [1.82, 2.24) is 14.9 Å². The molecule has 150 valence electrons. The number of anilines is 1. The Labute approximate surface area is 160 Å². The van der Waals surface area contributed by atoms with Gasteiger partial charge >= 0.3 is 18.2 Å². The molecule has 28 heavy (non-hydrogen) atoms. The summed E-state index contributed by atoms with van der Waals surface area (Å²) >= 11 is 0. The highest BCUT2D eigenvalue weighted by atomic mass is 19.4. The fourth-order valence-electron chi connectivity index (χ4n) is 3.48. The van der Waals surface area contributed by atoms with Crippen LogP contribution in [-0.2, 0) is 0 Å². The molecule has 0 bridgehead atoms. The highest BCUT2D eigenvalue weighted by Crippen LogP contribution is 2.44. The van der Waals surface area contributed by atoms with E-state index in [4.69, 9.17) is 4.74 Å². The second kappa shape index (κ2) is 7.29. The molecule has 1 aromatic carbocycles. The number of aryl methyl sites for hydroxylation is 1. The van der Waals surface area contributed by atoms with Crippen LogP contribution in [0.1, 0.15) is 25.8 Å². The Balaban J connectivity index is 1.71. The van der Waals surface area contributed by atoms with Gasteiger partial charge in [-0.05, 0) is 57.0 Å². The number of nitrogens with one attached hydrogen (secondary N) is 1. The molecular formula is C19H21F3N4O2. The van der Waals surface area contributed by atoms with Gasteiger partial charge in [-0.3, -0.25) is 0 Å². The molecular weight excluding hydrogens is 373 g/mol. The fourth-order valence-corrected chi connectivity index (χ4v) is 3.48. The lowest BCUT2D eigenvalue weighted by atomic mass is 9.88. The van der Waals surface area contributed by atoms with Gasteiger partial charge in [0.2, 0.25) is 0 Å². The summed E-state index contributed by atoms with van der Waals surface area (Å²) in [5.74, 6) is -1.06. The van der Waals surface area contributed by atoms with E-state index in [9.17, 15) is 18.0 Å². The van der Waals surface area contributed by atoms with Gasteiger partial charge in [-0.2, -0.15) is 13.2 Å². The maximum absolute atomic E-state index is 13.2. The molecule has 1 aliphatic rings. The van der Waals surface area contributed by atoms with Crippen LogP contribution >= 0.6 is 0 Å². The Morgan fingerprint density at radius 1 is 1.29 bits per heavy atom. The SMILES string of the molecule is Cc1cc(Oc2ncccn2)ccc1NC(=O)N1CC[C@@H](C(F)(F)F)C1(C)C. The van der Waals surface area contributed by atoms with Gasteiger partial charge in [0.25, 0.3) is 0 Å². The first-order chi connectivity index (χ1) is 13.1. The van der Waals surface area contributed by atoms with Crippen molar-refractivity contribution in [2.75, 3.05) is 11.9 Å². The van der Waals surface area contributed by atoms with Crippen molar-refractivity contribution in [3.63, 3.8) is 0 Å². The van der Waals surface area contributed by atoms with E-state index in [2.05, 4.69) is 15.3 Å². The van der Waals surface area contributed by atoms with E-state index < -0.39 is 23.7 Å². The largest absolute Gasteiger partial charge is 0.424 e. The molecule has 3 rings (SSSR count). The summed E-state index contributed by atoms with van der Waals surface area (Å²) in [5.41, 5.74) is -0.118. The zero-order valence-corrected chi connectivity index (χ0v) is 15.7. The summed E-state index contributed by atoms with van der Waals surface area (Å²) < 4.78 is 45.2. The Kier molecular flexibility index (Phi) is 5.18. The average Bonchev–Trinajstić information content (AvgIpc) is 2.93. The van der Waals surface area contributed by atoms with Crippen molar-refractivity contribution >= 4 is 11.7 Å². The predicted molar refractivity (Wildman–Crippen MR) is 97.3 cm³/mol. The summed E-state index contributed by atoms with van der Waals surface area (Å²) in [5, 5.41) is 2.70. The molecule has 0 saturated carbocycles. The van der Waals surface area contributed by atoms with Crippen molar-refractivity contribution in [2.45, 2.75) is 38.9 Å². The Bertz CT molecular complexity index is 856. The van der Waals surface area contributed by atoms with Gasteiger partial charge in [-0.15, -0.1) is 0 Å². The number of halogens is 3. The summed E-state index contributed by atoms with van der Waals surface area (Å²) in [6.45, 7) is 4.71. The number of hydrogen-bond acceptors (Lipinski definition) is 4. The topological polar surface area (TPSA) is 67.4 Å². The van der Waals surface area contributed by atoms with Gasteiger partial charge in [0.05, 0.1) is 11.5 Å². The third kappa shape index (κ3) is 4.02. The number of rotatable bonds is 3. The standard InChI is InChI=1S/C19H21F3N4O2/c1-12-11-13(28-16-23-8-4-9-24-16)5-6-14(12)25-17(27)26-10-7-15(18(26,2)3)19(20,21)22/h4-6,8-9,11,15H,7,10H2,1-3H3,(H,25,27)/t15-/m1/s1. The Morgan fingerprint density at radius 2 is 1.96 bits per heavy atom. The van der Waals surface area contributed by atoms with Gasteiger partial charge in [0.15, 0.2) is 0 Å². The number of hydrogen-bond donors (Lipinski definition) is 1. The normalized spacial score (nSPS) is 18.8. The van der Waals surface area contributed by atoms with Crippen LogP contribution < -0.4 is 10.1 Å². The predicted octanol–water partition coefficient (Wildman–Crippen LogP) is 4.77. The molecule has 0 unspecified atom stereocenters. The molecule has 0 aliphatic carbocycles. The number of carbonyl (C=O) groups excluding carboxylic acids is 1. The number of amides is 2. The van der Waals surface area contributed by atoms with E-state index in [1.54, 1.807) is 43.6 Å². The van der Waals surface area contributed by atoms with Gasteiger partial charge in [0.1, 0.15) is 5.75 Å². The highest BCUT2D eigenvalue weighted by molar-refractivity contribution is 5.91. The van der Waals surface area contributed by atoms with Crippen molar-refractivity contribution in [2.24, 2.45) is 5.92 Å². The molecule has 1 aliphatic heterocycles. The number of urea groups is 1. The number of benzene rings is 1. The van der Waals surface area contributed by atoms with E-state index in [0.29, 0.717) is 17.0 Å². The van der Waals surface area contributed by atoms with Gasteiger partial charge in [-0.25, -0.2) is 14.8 Å². The minimum absolute atomic E-state index is 0.0502. The maximum Gasteiger partial charge on any atom is 0.394 e. The summed E-state index contributed by atoms with van der Waals surface area (Å²) in [6, 6.07) is 6.26. The zero-order valence-electron chi connectivity index (χ0n) is 15.7. The van der Waals surface area contributed by atoms with Gasteiger partial charge in [-0.1, -0.05) is 0 Å². The van der Waals surface area contributed by atoms with Crippen LogP contribution in [0, 0.1) is 12.8 Å². The average molecular weight is 394 g/mol. The first kappa shape index (κ1) is 19.9. The van der Waals surface area contributed by atoms with Crippen molar-refractivity contribution < 1.29 is 22.7 Å². The van der Waals surface area contributed by atoms with Crippen LogP contribution in [0.5, 0.6) is 11.8 Å². The highest BCUT2D eigenvalue weighted by Gasteiger charge is 2.56. The Hall–Kier alpha value is -2.84. The summed E-state index contributed by atoms with van der Waals surface area (Å²) in [4.78, 5) is 21.8. The quantitative estimate of drug-likeness (QED) is 0.814. The molecule has 2 aromatic rings. The minimum atomic E-state index is -4.34. The molecule has 0 radical (unpaired) electrons. The summed E-state index contributed by atoms with van der Waals surface area (Å²) in [6.07, 6.45) is -1.34. The number of likely N-dealkylation sites (tertiary alicyclic amines) is 1. The molecule has 2 heterocycles. The maximum atomic E-state index is 13.2. The molecule has 9 heteroatoms. The molecule has 6 nitrogen and oxygen atoms in total. The van der Waals surface area contributed by atoms with Crippen LogP contribution in [-0.4, -0.2) is 39.2 Å². The van der Waals surface area contributed by atoms with Crippen molar-refractivity contribution in [3.05, 3.63) is 42.2 Å². The summed E-state index contributed by atoms with van der Waals surface area (Å²) in [7, 11) is 0. The first-order valence-corrected chi connectivity index (χ1v) is 8.80. The van der Waals surface area contributed by atoms with Crippen LogP contribution in [0.3, 0.4) is 0 Å². The van der Waals surface area contributed by atoms with Crippen molar-refractivity contribution in [1.29, 1.82) is 0 Å². The fraction of sp³-hybridized carbons (Fsp3) is 0.421. The van der Waals surface area contributed by atoms with E-state index in [1.165, 1.54) is 18.7 Å². The van der Waals surface area contributed by atoms with Gasteiger partial charge < -0.3 is 15.0 Å². The molecule has 2 amide bonds. The third-order valence-corrected chi connectivity index (χ3v) is 5.02. The van der Waals surface area contributed by atoms with E-state index in [-0.39, 0.29) is 19.0 Å². The number of nitrogens with zero attached hydrogens (tertiary/aromatic N) is 3. The molecule has 1 N–H and O–H groups in total. The second-order valence-corrected chi connectivity index (χ2v) is 7.23. The monoisotopic (exact) mass is 394 g/mol. The zero-order chi connectivity index (χ0) is 20.5. The molecule has 1 atom stereocenters. The number of aromatic nitrogens is 2. The van der Waals surface area contributed by atoms with Crippen LogP contribution in [0.4, 0.5) is 23.7 Å². The smallest absolute Gasteiger partial charge is 0.394 e. The lowest BCUT2D eigenvalue weighted by Gasteiger charge is -2.36. The molecule has 0 spiro atoms. The minimum Gasteiger partial charge on any atom is -0.424 e. The Morgan fingerprint density at radius 3 is 2.54 bits per heavy atom. The molecule has 1 fully saturated rings. The van der Waals surface area contributed by atoms with Gasteiger partial charge in [0, 0.05) is 24.6 Å². The lowest BCUT2D eigenvalue weighted by Crippen LogP contribution is -2.51. The van der Waals surface area contributed by atoms with Crippen LogP contribution in [0.25, 0.3) is 0 Å². The van der Waals surface area contributed by atoms with E-state index in [0.717, 1.165) is 0 Å². The second-order valence-electron chi connectivity index (χ2n) is 7.23. The van der Waals surface area contributed by atoms with Crippen LogP contribution in [0.2, 0.25) is 0 Å². The number of carbonyl (C=O) groups is 1. The molecule has 1 saturated heterocycles. The van der Waals surface area contributed by atoms with E-state index >= 15 is 0 Å². The number of alkyl halides is 3.